The summed E-state index contributed by atoms with van der Waals surface area (Å²) < 4.78 is 11.6. The normalized spacial score (nSPS) is 23.6. The van der Waals surface area contributed by atoms with Crippen molar-refractivity contribution in [3.05, 3.63) is 107 Å². The van der Waals surface area contributed by atoms with Crippen molar-refractivity contribution in [3.8, 4) is 0 Å². The van der Waals surface area contributed by atoms with Crippen LogP contribution in [0.15, 0.2) is 78.9 Å². The maximum absolute atomic E-state index is 13.1. The molecule has 0 aliphatic heterocycles. The van der Waals surface area contributed by atoms with E-state index in [9.17, 15) is 9.59 Å². The van der Waals surface area contributed by atoms with E-state index in [1.807, 2.05) is 54.6 Å². The molecule has 0 aromatic heterocycles. The smallest absolute Gasteiger partial charge is 0.338 e. The van der Waals surface area contributed by atoms with Gasteiger partial charge in [-0.25, -0.2) is 9.59 Å². The number of hydrogen-bond donors (Lipinski definition) is 0. The first-order valence-electron chi connectivity index (χ1n) is 15.1. The largest absolute Gasteiger partial charge is 0.458 e. The van der Waals surface area contributed by atoms with Crippen molar-refractivity contribution >= 4 is 11.9 Å². The predicted octanol–water partition coefficient (Wildman–Crippen LogP) is 9.03. The number of ether oxygens (including phenoxy) is 2. The Balaban J connectivity index is 1.20. The van der Waals surface area contributed by atoms with Gasteiger partial charge >= 0.3 is 11.9 Å². The fourth-order valence-corrected chi connectivity index (χ4v) is 6.27. The minimum absolute atomic E-state index is 0.0464. The highest BCUT2D eigenvalue weighted by Gasteiger charge is 2.24. The summed E-state index contributed by atoms with van der Waals surface area (Å²) in [6.45, 7) is 4.60. The molecule has 0 radical (unpaired) electrons. The molecule has 0 N–H and O–H groups in total. The minimum Gasteiger partial charge on any atom is -0.458 e. The summed E-state index contributed by atoms with van der Waals surface area (Å²) in [5.74, 6) is 1.93. The molecule has 40 heavy (non-hydrogen) atoms. The van der Waals surface area contributed by atoms with Crippen LogP contribution in [0.4, 0.5) is 0 Å². The first kappa shape index (κ1) is 28.1. The molecule has 0 amide bonds. The topological polar surface area (TPSA) is 52.6 Å². The first-order chi connectivity index (χ1) is 19.5. The van der Waals surface area contributed by atoms with E-state index < -0.39 is 18.0 Å². The highest BCUT2D eigenvalue weighted by Crippen LogP contribution is 2.36. The van der Waals surface area contributed by atoms with Crippen molar-refractivity contribution < 1.29 is 19.1 Å². The molecule has 3 aromatic rings. The summed E-state index contributed by atoms with van der Waals surface area (Å²) in [6.07, 6.45) is 9.17. The lowest BCUT2D eigenvalue weighted by Gasteiger charge is -2.26. The van der Waals surface area contributed by atoms with E-state index in [0.29, 0.717) is 23.0 Å². The zero-order valence-electron chi connectivity index (χ0n) is 23.9. The molecule has 210 valence electrons. The molecule has 5 rings (SSSR count). The second-order valence-corrected chi connectivity index (χ2v) is 12.1. The number of rotatable bonds is 8. The van der Waals surface area contributed by atoms with Gasteiger partial charge in [0.25, 0.3) is 0 Å². The molecule has 0 spiro atoms. The molecule has 1 atom stereocenters. The van der Waals surface area contributed by atoms with E-state index in [1.165, 1.54) is 62.5 Å². The second kappa shape index (κ2) is 13.3. The van der Waals surface area contributed by atoms with Crippen molar-refractivity contribution in [1.29, 1.82) is 0 Å². The average Bonchev–Trinajstić information content (AvgIpc) is 3.00. The number of carbonyl (C=O) groups is 2. The molecule has 0 unspecified atom stereocenters. The SMILES string of the molecule is CC1CCC(c2ccc(C(=O)OC[C@H](OC(=O)c3ccc(C4CCC(C)CC4)cc3)c3ccccc3)cc2)CC1. The minimum atomic E-state index is -0.694. The maximum Gasteiger partial charge on any atom is 0.338 e. The molecule has 0 saturated heterocycles. The van der Waals surface area contributed by atoms with Gasteiger partial charge in [0.15, 0.2) is 6.10 Å². The van der Waals surface area contributed by atoms with Crippen LogP contribution in [0.3, 0.4) is 0 Å². The van der Waals surface area contributed by atoms with Gasteiger partial charge in [0.05, 0.1) is 11.1 Å². The molecule has 2 aliphatic carbocycles. The molecular weight excluding hydrogens is 496 g/mol. The summed E-state index contributed by atoms with van der Waals surface area (Å²) in [5, 5.41) is 0. The van der Waals surface area contributed by atoms with Crippen LogP contribution in [-0.2, 0) is 9.47 Å². The third-order valence-electron chi connectivity index (χ3n) is 9.05. The second-order valence-electron chi connectivity index (χ2n) is 12.1. The Labute approximate surface area is 239 Å². The van der Waals surface area contributed by atoms with Crippen molar-refractivity contribution in [2.45, 2.75) is 83.2 Å². The van der Waals surface area contributed by atoms with E-state index in [0.717, 1.165) is 17.4 Å². The third-order valence-corrected chi connectivity index (χ3v) is 9.05. The van der Waals surface area contributed by atoms with Crippen LogP contribution in [0.5, 0.6) is 0 Å². The summed E-state index contributed by atoms with van der Waals surface area (Å²) >= 11 is 0. The van der Waals surface area contributed by atoms with Gasteiger partial charge in [-0.05, 0) is 90.3 Å². The standard InChI is InChI=1S/C36H42O4/c1-25-8-12-27(13-9-25)29-16-20-32(21-17-29)35(37)39-24-34(31-6-4-3-5-7-31)40-36(38)33-22-18-30(19-23-33)28-14-10-26(2)11-15-28/h3-7,16-23,25-28,34H,8-15,24H2,1-2H3/t25?,26?,27?,28?,34-/m0/s1. The summed E-state index contributed by atoms with van der Waals surface area (Å²) in [4.78, 5) is 26.0. The van der Waals surface area contributed by atoms with Crippen LogP contribution >= 0.6 is 0 Å². The lowest BCUT2D eigenvalue weighted by molar-refractivity contribution is -0.00134. The molecule has 4 heteroatoms. The van der Waals surface area contributed by atoms with Gasteiger partial charge in [-0.2, -0.15) is 0 Å². The van der Waals surface area contributed by atoms with Crippen molar-refractivity contribution in [2.75, 3.05) is 6.61 Å². The summed E-state index contributed by atoms with van der Waals surface area (Å²) in [5.41, 5.74) is 4.40. The molecule has 2 fully saturated rings. The maximum atomic E-state index is 13.1. The van der Waals surface area contributed by atoms with Gasteiger partial charge in [-0.3, -0.25) is 0 Å². The number of carbonyl (C=O) groups excluding carboxylic acids is 2. The average molecular weight is 539 g/mol. The monoisotopic (exact) mass is 538 g/mol. The molecule has 0 heterocycles. The van der Waals surface area contributed by atoms with Crippen LogP contribution in [0.25, 0.3) is 0 Å². The lowest BCUT2D eigenvalue weighted by atomic mass is 9.79. The van der Waals surface area contributed by atoms with Gasteiger partial charge in [0.2, 0.25) is 0 Å². The Morgan fingerprint density at radius 1 is 0.625 bits per heavy atom. The van der Waals surface area contributed by atoms with Crippen LogP contribution in [0.2, 0.25) is 0 Å². The van der Waals surface area contributed by atoms with Gasteiger partial charge in [0.1, 0.15) is 6.61 Å². The van der Waals surface area contributed by atoms with Gasteiger partial charge in [-0.15, -0.1) is 0 Å². The number of hydrogen-bond acceptors (Lipinski definition) is 4. The van der Waals surface area contributed by atoms with Crippen LogP contribution in [0, 0.1) is 11.8 Å². The van der Waals surface area contributed by atoms with E-state index in [4.69, 9.17) is 9.47 Å². The van der Waals surface area contributed by atoms with Crippen LogP contribution in [0.1, 0.15) is 121 Å². The van der Waals surface area contributed by atoms with Gasteiger partial charge < -0.3 is 9.47 Å². The molecule has 4 nitrogen and oxygen atoms in total. The lowest BCUT2D eigenvalue weighted by Crippen LogP contribution is -2.19. The van der Waals surface area contributed by atoms with Gasteiger partial charge in [-0.1, -0.05) is 94.1 Å². The predicted molar refractivity (Wildman–Crippen MR) is 159 cm³/mol. The zero-order valence-corrected chi connectivity index (χ0v) is 23.9. The quantitative estimate of drug-likeness (QED) is 0.269. The molecule has 3 aromatic carbocycles. The number of benzene rings is 3. The van der Waals surface area contributed by atoms with Crippen molar-refractivity contribution in [2.24, 2.45) is 11.8 Å². The molecule has 0 bridgehead atoms. The highest BCUT2D eigenvalue weighted by molar-refractivity contribution is 5.90. The molecular formula is C36H42O4. The summed E-state index contributed by atoms with van der Waals surface area (Å²) in [7, 11) is 0. The Morgan fingerprint density at radius 2 is 1.07 bits per heavy atom. The summed E-state index contributed by atoms with van der Waals surface area (Å²) in [6, 6.07) is 25.1. The van der Waals surface area contributed by atoms with Crippen molar-refractivity contribution in [1.82, 2.24) is 0 Å². The number of esters is 2. The molecule has 2 aliphatic rings. The Kier molecular flexibility index (Phi) is 9.36. The van der Waals surface area contributed by atoms with Gasteiger partial charge in [0, 0.05) is 0 Å². The van der Waals surface area contributed by atoms with Crippen LogP contribution in [-0.4, -0.2) is 18.5 Å². The first-order valence-corrected chi connectivity index (χ1v) is 15.1. The van der Waals surface area contributed by atoms with Crippen LogP contribution < -0.4 is 0 Å². The Bertz CT molecular complexity index is 1230. The zero-order chi connectivity index (χ0) is 27.9. The highest BCUT2D eigenvalue weighted by atomic mass is 16.6. The Morgan fingerprint density at radius 3 is 1.55 bits per heavy atom. The van der Waals surface area contributed by atoms with E-state index in [1.54, 1.807) is 0 Å². The Hall–Kier alpha value is -3.40. The third kappa shape index (κ3) is 7.21. The fourth-order valence-electron chi connectivity index (χ4n) is 6.27. The fraction of sp³-hybridized carbons (Fsp3) is 0.444. The van der Waals surface area contributed by atoms with E-state index in [-0.39, 0.29) is 6.61 Å². The van der Waals surface area contributed by atoms with E-state index in [2.05, 4.69) is 38.1 Å². The van der Waals surface area contributed by atoms with E-state index >= 15 is 0 Å². The van der Waals surface area contributed by atoms with Crippen molar-refractivity contribution in [3.63, 3.8) is 0 Å². The molecule has 2 saturated carbocycles.